The maximum absolute atomic E-state index is 12.5. The topological polar surface area (TPSA) is 55.4 Å². The molecule has 3 rings (SSSR count). The zero-order chi connectivity index (χ0) is 19.3. The molecule has 0 heterocycles. The first kappa shape index (κ1) is 20.0. The van der Waals surface area contributed by atoms with Crippen LogP contribution in [0, 0.1) is 13.8 Å². The molecule has 2 aromatic rings. The summed E-state index contributed by atoms with van der Waals surface area (Å²) in [6.45, 7) is 3.96. The fourth-order valence-electron chi connectivity index (χ4n) is 2.94. The van der Waals surface area contributed by atoms with Crippen molar-refractivity contribution in [1.82, 2.24) is 5.48 Å². The predicted octanol–water partition coefficient (Wildman–Crippen LogP) is 5.48. The van der Waals surface area contributed by atoms with E-state index in [1.54, 1.807) is 24.3 Å². The molecule has 0 radical (unpaired) electrons. The zero-order valence-corrected chi connectivity index (χ0v) is 17.3. The van der Waals surface area contributed by atoms with Crippen LogP contribution in [0.15, 0.2) is 68.9 Å². The van der Waals surface area contributed by atoms with Crippen LogP contribution in [0.4, 0.5) is 0 Å². The highest BCUT2D eigenvalue weighted by atomic mass is 32.2. The maximum Gasteiger partial charge on any atom is 0.317 e. The van der Waals surface area contributed by atoms with Crippen LogP contribution < -0.4 is 5.48 Å². The summed E-state index contributed by atoms with van der Waals surface area (Å²) in [5.41, 5.74) is 6.18. The Hall–Kier alpha value is -1.76. The smallest absolute Gasteiger partial charge is 0.242 e. The summed E-state index contributed by atoms with van der Waals surface area (Å²) >= 11 is 1.52. The third-order valence-corrected chi connectivity index (χ3v) is 6.81. The largest absolute Gasteiger partial charge is 0.317 e. The van der Waals surface area contributed by atoms with Gasteiger partial charge in [-0.15, -0.1) is 4.28 Å². The van der Waals surface area contributed by atoms with Crippen molar-refractivity contribution in [1.29, 1.82) is 0 Å². The molecular formula is C21H25NO3S2. The molecule has 1 aliphatic rings. The van der Waals surface area contributed by atoms with E-state index < -0.39 is 10.1 Å². The van der Waals surface area contributed by atoms with Crippen LogP contribution in [-0.2, 0) is 14.4 Å². The molecule has 0 bridgehead atoms. The van der Waals surface area contributed by atoms with Crippen LogP contribution >= 0.6 is 11.8 Å². The van der Waals surface area contributed by atoms with E-state index in [0.29, 0.717) is 0 Å². The summed E-state index contributed by atoms with van der Waals surface area (Å²) in [4.78, 5) is 1.20. The van der Waals surface area contributed by atoms with E-state index in [0.717, 1.165) is 41.2 Å². The normalized spacial score (nSPS) is 14.8. The Labute approximate surface area is 166 Å². The van der Waals surface area contributed by atoms with Crippen molar-refractivity contribution in [2.75, 3.05) is 0 Å². The Balaban J connectivity index is 1.78. The van der Waals surface area contributed by atoms with Crippen molar-refractivity contribution in [3.8, 4) is 0 Å². The lowest BCUT2D eigenvalue weighted by molar-refractivity contribution is 0.243. The van der Waals surface area contributed by atoms with Crippen molar-refractivity contribution >= 4 is 21.9 Å². The van der Waals surface area contributed by atoms with Crippen molar-refractivity contribution in [2.45, 2.75) is 55.7 Å². The Bertz CT molecular complexity index is 893. The van der Waals surface area contributed by atoms with Gasteiger partial charge in [-0.3, -0.25) is 0 Å². The average molecular weight is 404 g/mol. The fourth-order valence-corrected chi connectivity index (χ4v) is 4.69. The maximum atomic E-state index is 12.5. The molecule has 0 aliphatic heterocycles. The second-order valence-corrected chi connectivity index (χ2v) is 9.49. The van der Waals surface area contributed by atoms with E-state index in [1.165, 1.54) is 29.3 Å². The molecule has 4 nitrogen and oxygen atoms in total. The molecule has 2 aromatic carbocycles. The van der Waals surface area contributed by atoms with Gasteiger partial charge in [0.2, 0.25) is 0 Å². The Morgan fingerprint density at radius 2 is 1.44 bits per heavy atom. The van der Waals surface area contributed by atoms with Gasteiger partial charge < -0.3 is 0 Å². The van der Waals surface area contributed by atoms with Crippen molar-refractivity contribution < 1.29 is 12.7 Å². The minimum Gasteiger partial charge on any atom is -0.242 e. The highest BCUT2D eigenvalue weighted by molar-refractivity contribution is 8.03. The van der Waals surface area contributed by atoms with Crippen molar-refractivity contribution in [3.05, 3.63) is 70.3 Å². The van der Waals surface area contributed by atoms with E-state index in [4.69, 9.17) is 4.28 Å². The number of hydrogen-bond donors (Lipinski definition) is 1. The molecular weight excluding hydrogens is 378 g/mol. The molecule has 1 aliphatic carbocycles. The summed E-state index contributed by atoms with van der Waals surface area (Å²) in [5.74, 6) is 0. The van der Waals surface area contributed by atoms with Crippen molar-refractivity contribution in [3.63, 3.8) is 0 Å². The van der Waals surface area contributed by atoms with Gasteiger partial charge in [0.15, 0.2) is 0 Å². The first-order valence-electron chi connectivity index (χ1n) is 9.17. The van der Waals surface area contributed by atoms with Crippen LogP contribution in [0.2, 0.25) is 0 Å². The standard InChI is InChI=1S/C21H25NO3S2/c1-16-8-12-19(13-9-16)26-21(18-6-4-3-5-7-18)22-25-27(23,24)20-14-10-17(2)11-15-20/h8-15,22H,3-7H2,1-2H3. The van der Waals surface area contributed by atoms with Gasteiger partial charge in [-0.1, -0.05) is 53.6 Å². The summed E-state index contributed by atoms with van der Waals surface area (Å²) in [6, 6.07) is 14.8. The molecule has 0 saturated heterocycles. The number of hydroxylamine groups is 1. The SMILES string of the molecule is Cc1ccc(SC(NOS(=O)(=O)c2ccc(C)cc2)=C2CCCCC2)cc1. The van der Waals surface area contributed by atoms with Gasteiger partial charge in [-0.25, -0.2) is 5.48 Å². The van der Waals surface area contributed by atoms with Gasteiger partial charge in [0.25, 0.3) is 0 Å². The van der Waals surface area contributed by atoms with Crippen LogP contribution in [0.5, 0.6) is 0 Å². The molecule has 27 heavy (non-hydrogen) atoms. The summed E-state index contributed by atoms with van der Waals surface area (Å²) in [5, 5.41) is 0.786. The molecule has 0 spiro atoms. The van der Waals surface area contributed by atoms with Gasteiger partial charge in [-0.2, -0.15) is 8.42 Å². The van der Waals surface area contributed by atoms with Gasteiger partial charge in [0.1, 0.15) is 0 Å². The molecule has 0 amide bonds. The van der Waals surface area contributed by atoms with Gasteiger partial charge >= 0.3 is 10.1 Å². The average Bonchev–Trinajstić information content (AvgIpc) is 2.68. The molecule has 0 unspecified atom stereocenters. The first-order chi connectivity index (χ1) is 12.9. The minimum atomic E-state index is -3.87. The molecule has 1 fully saturated rings. The van der Waals surface area contributed by atoms with E-state index in [1.807, 2.05) is 26.0 Å². The molecule has 0 aromatic heterocycles. The van der Waals surface area contributed by atoms with Crippen LogP contribution in [0.3, 0.4) is 0 Å². The molecule has 6 heteroatoms. The zero-order valence-electron chi connectivity index (χ0n) is 15.7. The Kier molecular flexibility index (Phi) is 6.63. The fraction of sp³-hybridized carbons (Fsp3) is 0.333. The lowest BCUT2D eigenvalue weighted by Gasteiger charge is -2.20. The third-order valence-electron chi connectivity index (χ3n) is 4.57. The number of nitrogens with one attached hydrogen (secondary N) is 1. The quantitative estimate of drug-likeness (QED) is 0.511. The predicted molar refractivity (Wildman–Crippen MR) is 110 cm³/mol. The third kappa shape index (κ3) is 5.61. The van der Waals surface area contributed by atoms with E-state index >= 15 is 0 Å². The lowest BCUT2D eigenvalue weighted by atomic mass is 9.96. The lowest BCUT2D eigenvalue weighted by Crippen LogP contribution is -2.20. The van der Waals surface area contributed by atoms with Gasteiger partial charge in [0, 0.05) is 4.90 Å². The number of allylic oxidation sites excluding steroid dienone is 1. The Morgan fingerprint density at radius 3 is 2.04 bits per heavy atom. The van der Waals surface area contributed by atoms with Crippen LogP contribution in [0.1, 0.15) is 43.2 Å². The second kappa shape index (κ2) is 8.95. The number of aryl methyl sites for hydroxylation is 2. The highest BCUT2D eigenvalue weighted by Gasteiger charge is 2.19. The van der Waals surface area contributed by atoms with Gasteiger partial charge in [0.05, 0.1) is 9.92 Å². The van der Waals surface area contributed by atoms with E-state index in [-0.39, 0.29) is 4.90 Å². The van der Waals surface area contributed by atoms with E-state index in [9.17, 15) is 8.42 Å². The minimum absolute atomic E-state index is 0.147. The number of thioether (sulfide) groups is 1. The summed E-state index contributed by atoms with van der Waals surface area (Å²) < 4.78 is 30.2. The molecule has 0 atom stereocenters. The molecule has 1 N–H and O–H groups in total. The monoisotopic (exact) mass is 403 g/mol. The molecule has 144 valence electrons. The Morgan fingerprint density at radius 1 is 0.889 bits per heavy atom. The number of benzene rings is 2. The summed E-state index contributed by atoms with van der Waals surface area (Å²) in [7, 11) is -3.87. The summed E-state index contributed by atoms with van der Waals surface area (Å²) in [6.07, 6.45) is 5.40. The number of rotatable bonds is 6. The second-order valence-electron chi connectivity index (χ2n) is 6.86. The van der Waals surface area contributed by atoms with Crippen LogP contribution in [-0.4, -0.2) is 8.42 Å². The first-order valence-corrected chi connectivity index (χ1v) is 11.4. The highest BCUT2D eigenvalue weighted by Crippen LogP contribution is 2.34. The number of hydrogen-bond acceptors (Lipinski definition) is 5. The van der Waals surface area contributed by atoms with E-state index in [2.05, 4.69) is 17.6 Å². The molecule has 1 saturated carbocycles. The van der Waals surface area contributed by atoms with Crippen LogP contribution in [0.25, 0.3) is 0 Å². The van der Waals surface area contributed by atoms with Crippen molar-refractivity contribution in [2.24, 2.45) is 0 Å². The van der Waals surface area contributed by atoms with Gasteiger partial charge in [-0.05, 0) is 69.4 Å².